The van der Waals surface area contributed by atoms with E-state index < -0.39 is 0 Å². The van der Waals surface area contributed by atoms with Crippen LogP contribution in [0.15, 0.2) is 46.1 Å². The Kier molecular flexibility index (Phi) is 6.70. The van der Waals surface area contributed by atoms with E-state index in [0.717, 1.165) is 50.9 Å². The third-order valence-electron chi connectivity index (χ3n) is 4.72. The lowest BCUT2D eigenvalue weighted by Gasteiger charge is -2.36. The van der Waals surface area contributed by atoms with Crippen LogP contribution in [0.1, 0.15) is 18.2 Å². The van der Waals surface area contributed by atoms with Gasteiger partial charge in [-0.1, -0.05) is 17.3 Å². The van der Waals surface area contributed by atoms with E-state index in [-0.39, 0.29) is 0 Å². The van der Waals surface area contributed by atoms with E-state index in [9.17, 15) is 0 Å². The Labute approximate surface area is 161 Å². The van der Waals surface area contributed by atoms with Crippen LogP contribution in [-0.4, -0.2) is 67.7 Å². The van der Waals surface area contributed by atoms with Crippen molar-refractivity contribution in [1.82, 2.24) is 20.3 Å². The monoisotopic (exact) mass is 370 g/mol. The zero-order valence-electron chi connectivity index (χ0n) is 16.6. The van der Waals surface area contributed by atoms with Crippen LogP contribution >= 0.6 is 0 Å². The number of aromatic nitrogens is 1. The number of rotatable bonds is 6. The quantitative estimate of drug-likeness (QED) is 0.620. The molecule has 7 nitrogen and oxygen atoms in total. The van der Waals surface area contributed by atoms with Gasteiger partial charge in [-0.3, -0.25) is 4.90 Å². The second-order valence-electron chi connectivity index (χ2n) is 6.99. The molecule has 7 heteroatoms. The molecule has 1 aliphatic heterocycles. The SMILES string of the molecule is CCNC(=NCc1cccc(N(C)C)c1)N1CCN(Cc2ccon2)CC1. The van der Waals surface area contributed by atoms with Gasteiger partial charge in [-0.05, 0) is 24.6 Å². The van der Waals surface area contributed by atoms with Crippen molar-refractivity contribution < 1.29 is 4.52 Å². The molecule has 0 atom stereocenters. The van der Waals surface area contributed by atoms with Gasteiger partial charge in [0, 0.05) is 65.1 Å². The Morgan fingerprint density at radius 2 is 2.04 bits per heavy atom. The zero-order valence-corrected chi connectivity index (χ0v) is 16.6. The Balaban J connectivity index is 1.58. The predicted molar refractivity (Wildman–Crippen MR) is 109 cm³/mol. The molecule has 1 aromatic carbocycles. The lowest BCUT2D eigenvalue weighted by atomic mass is 10.2. The molecule has 1 fully saturated rings. The molecule has 0 spiro atoms. The standard InChI is InChI=1S/C20H30N6O/c1-4-21-20(22-15-17-6-5-7-19(14-17)24(2)3)26-11-9-25(10-12-26)16-18-8-13-27-23-18/h5-8,13-14H,4,9-12,15-16H2,1-3H3,(H,21,22). The summed E-state index contributed by atoms with van der Waals surface area (Å²) in [5.41, 5.74) is 3.42. The highest BCUT2D eigenvalue weighted by Crippen LogP contribution is 2.14. The number of aliphatic imine (C=N–C) groups is 1. The van der Waals surface area contributed by atoms with Crippen molar-refractivity contribution in [2.45, 2.75) is 20.0 Å². The molecule has 1 aliphatic rings. The molecule has 3 rings (SSSR count). The summed E-state index contributed by atoms with van der Waals surface area (Å²) < 4.78 is 4.93. The lowest BCUT2D eigenvalue weighted by molar-refractivity contribution is 0.169. The average Bonchev–Trinajstić information content (AvgIpc) is 3.19. The van der Waals surface area contributed by atoms with Crippen LogP contribution in [0.3, 0.4) is 0 Å². The first-order chi connectivity index (χ1) is 13.2. The Morgan fingerprint density at radius 1 is 1.22 bits per heavy atom. The van der Waals surface area contributed by atoms with Gasteiger partial charge in [0.25, 0.3) is 0 Å². The summed E-state index contributed by atoms with van der Waals surface area (Å²) in [5.74, 6) is 0.994. The molecule has 0 radical (unpaired) electrons. The van der Waals surface area contributed by atoms with Crippen LogP contribution < -0.4 is 10.2 Å². The van der Waals surface area contributed by atoms with Crippen molar-refractivity contribution in [1.29, 1.82) is 0 Å². The maximum Gasteiger partial charge on any atom is 0.194 e. The van der Waals surface area contributed by atoms with Crippen molar-refractivity contribution in [3.63, 3.8) is 0 Å². The number of anilines is 1. The van der Waals surface area contributed by atoms with Crippen molar-refractivity contribution in [2.75, 3.05) is 51.7 Å². The minimum atomic E-state index is 0.684. The first kappa shape index (κ1) is 19.2. The number of nitrogens with one attached hydrogen (secondary N) is 1. The van der Waals surface area contributed by atoms with E-state index in [2.05, 4.69) is 70.5 Å². The van der Waals surface area contributed by atoms with Gasteiger partial charge in [-0.2, -0.15) is 0 Å². The molecule has 1 aromatic heterocycles. The highest BCUT2D eigenvalue weighted by Gasteiger charge is 2.20. The van der Waals surface area contributed by atoms with Gasteiger partial charge in [0.15, 0.2) is 5.96 Å². The van der Waals surface area contributed by atoms with Crippen LogP contribution in [0, 0.1) is 0 Å². The van der Waals surface area contributed by atoms with E-state index in [1.807, 2.05) is 6.07 Å². The Bertz CT molecular complexity index is 720. The summed E-state index contributed by atoms with van der Waals surface area (Å²) in [6.07, 6.45) is 1.63. The molecule has 0 saturated carbocycles. The Morgan fingerprint density at radius 3 is 2.70 bits per heavy atom. The van der Waals surface area contributed by atoms with Crippen molar-refractivity contribution in [3.05, 3.63) is 47.9 Å². The van der Waals surface area contributed by atoms with Crippen LogP contribution in [0.25, 0.3) is 0 Å². The summed E-state index contributed by atoms with van der Waals surface area (Å²) >= 11 is 0. The maximum absolute atomic E-state index is 4.93. The van der Waals surface area contributed by atoms with Crippen LogP contribution in [0.5, 0.6) is 0 Å². The number of guanidine groups is 1. The molecule has 0 amide bonds. The van der Waals surface area contributed by atoms with Gasteiger partial charge >= 0.3 is 0 Å². The first-order valence-electron chi connectivity index (χ1n) is 9.57. The number of nitrogens with zero attached hydrogens (tertiary/aromatic N) is 5. The third kappa shape index (κ3) is 5.47. The van der Waals surface area contributed by atoms with Crippen LogP contribution in [0.4, 0.5) is 5.69 Å². The van der Waals surface area contributed by atoms with Crippen LogP contribution in [0.2, 0.25) is 0 Å². The number of hydrogen-bond donors (Lipinski definition) is 1. The van der Waals surface area contributed by atoms with E-state index in [1.54, 1.807) is 6.26 Å². The van der Waals surface area contributed by atoms with Crippen molar-refractivity contribution >= 4 is 11.6 Å². The van der Waals surface area contributed by atoms with Gasteiger partial charge < -0.3 is 19.6 Å². The normalized spacial score (nSPS) is 15.8. The van der Waals surface area contributed by atoms with Crippen LogP contribution in [-0.2, 0) is 13.1 Å². The fourth-order valence-corrected chi connectivity index (χ4v) is 3.19. The van der Waals surface area contributed by atoms with Gasteiger partial charge in [0.1, 0.15) is 6.26 Å². The maximum atomic E-state index is 4.93. The second-order valence-corrected chi connectivity index (χ2v) is 6.99. The summed E-state index contributed by atoms with van der Waals surface area (Å²) in [4.78, 5) is 11.7. The molecule has 0 aliphatic carbocycles. The summed E-state index contributed by atoms with van der Waals surface area (Å²) in [5, 5.41) is 7.45. The van der Waals surface area contributed by atoms with E-state index in [0.29, 0.717) is 6.54 Å². The molecule has 1 N–H and O–H groups in total. The minimum Gasteiger partial charge on any atom is -0.378 e. The molecule has 2 heterocycles. The lowest BCUT2D eigenvalue weighted by Crippen LogP contribution is -2.52. The van der Waals surface area contributed by atoms with Gasteiger partial charge in [-0.25, -0.2) is 4.99 Å². The number of hydrogen-bond acceptors (Lipinski definition) is 5. The zero-order chi connectivity index (χ0) is 19.1. The Hall–Kier alpha value is -2.54. The molecule has 1 saturated heterocycles. The minimum absolute atomic E-state index is 0.684. The van der Waals surface area contributed by atoms with Crippen molar-refractivity contribution in [2.24, 2.45) is 4.99 Å². The first-order valence-corrected chi connectivity index (χ1v) is 9.57. The summed E-state index contributed by atoms with van der Waals surface area (Å²) in [7, 11) is 4.12. The third-order valence-corrected chi connectivity index (χ3v) is 4.72. The average molecular weight is 371 g/mol. The number of benzene rings is 1. The molecule has 0 bridgehead atoms. The largest absolute Gasteiger partial charge is 0.378 e. The highest BCUT2D eigenvalue weighted by molar-refractivity contribution is 5.80. The fraction of sp³-hybridized carbons (Fsp3) is 0.500. The van der Waals surface area contributed by atoms with Gasteiger partial charge in [-0.15, -0.1) is 0 Å². The second kappa shape index (κ2) is 9.41. The number of piperazine rings is 1. The smallest absolute Gasteiger partial charge is 0.194 e. The highest BCUT2D eigenvalue weighted by atomic mass is 16.5. The topological polar surface area (TPSA) is 60.1 Å². The fourth-order valence-electron chi connectivity index (χ4n) is 3.19. The predicted octanol–water partition coefficient (Wildman–Crippen LogP) is 2.02. The van der Waals surface area contributed by atoms with Gasteiger partial charge in [0.05, 0.1) is 12.2 Å². The molecule has 2 aromatic rings. The molecule has 146 valence electrons. The summed E-state index contributed by atoms with van der Waals surface area (Å²) in [6.45, 7) is 8.42. The summed E-state index contributed by atoms with van der Waals surface area (Å²) in [6, 6.07) is 10.5. The molecule has 27 heavy (non-hydrogen) atoms. The van der Waals surface area contributed by atoms with E-state index >= 15 is 0 Å². The van der Waals surface area contributed by atoms with E-state index in [1.165, 1.54) is 11.3 Å². The van der Waals surface area contributed by atoms with Crippen molar-refractivity contribution in [3.8, 4) is 0 Å². The van der Waals surface area contributed by atoms with E-state index in [4.69, 9.17) is 9.52 Å². The van der Waals surface area contributed by atoms with Gasteiger partial charge in [0.2, 0.25) is 0 Å². The molecular weight excluding hydrogens is 340 g/mol. The molecule has 0 unspecified atom stereocenters. The molecular formula is C20H30N6O.